The minimum Gasteiger partial charge on any atom is -0.496 e. The van der Waals surface area contributed by atoms with Gasteiger partial charge in [-0.15, -0.1) is 0 Å². The number of anilines is 1. The molecule has 0 unspecified atom stereocenters. The number of carbonyl (C=O) groups is 1. The lowest BCUT2D eigenvalue weighted by atomic mass is 10.0. The molecule has 1 aromatic rings. The fourth-order valence-corrected chi connectivity index (χ4v) is 2.53. The van der Waals surface area contributed by atoms with E-state index < -0.39 is 0 Å². The second-order valence-corrected chi connectivity index (χ2v) is 5.08. The summed E-state index contributed by atoms with van der Waals surface area (Å²) >= 11 is 0. The summed E-state index contributed by atoms with van der Waals surface area (Å²) in [6, 6.07) is 3.83. The number of carbonyl (C=O) groups excluding carboxylic acids is 1. The molecule has 2 N–H and O–H groups in total. The van der Waals surface area contributed by atoms with Gasteiger partial charge < -0.3 is 15.4 Å². The molecule has 19 heavy (non-hydrogen) atoms. The van der Waals surface area contributed by atoms with Crippen molar-refractivity contribution in [3.63, 3.8) is 0 Å². The van der Waals surface area contributed by atoms with Crippen LogP contribution in [0, 0.1) is 13.8 Å². The number of rotatable bonds is 3. The molecule has 0 bridgehead atoms. The van der Waals surface area contributed by atoms with Gasteiger partial charge in [0, 0.05) is 5.56 Å². The first-order valence-corrected chi connectivity index (χ1v) is 6.82. The second kappa shape index (κ2) is 6.06. The maximum Gasteiger partial charge on any atom is 0.241 e. The van der Waals surface area contributed by atoms with Crippen molar-refractivity contribution in [3.05, 3.63) is 23.3 Å². The molecule has 0 spiro atoms. The van der Waals surface area contributed by atoms with Gasteiger partial charge in [-0.25, -0.2) is 0 Å². The summed E-state index contributed by atoms with van der Waals surface area (Å²) in [5.74, 6) is 0.858. The maximum absolute atomic E-state index is 12.3. The molecule has 1 fully saturated rings. The minimum absolute atomic E-state index is 0.0548. The molecular weight excluding hydrogens is 240 g/mol. The average molecular weight is 262 g/mol. The van der Waals surface area contributed by atoms with Gasteiger partial charge in [-0.3, -0.25) is 4.79 Å². The molecule has 4 heteroatoms. The van der Waals surface area contributed by atoms with Gasteiger partial charge >= 0.3 is 0 Å². The van der Waals surface area contributed by atoms with Gasteiger partial charge in [0.1, 0.15) is 5.75 Å². The van der Waals surface area contributed by atoms with Gasteiger partial charge in [0.25, 0.3) is 0 Å². The summed E-state index contributed by atoms with van der Waals surface area (Å²) in [6.07, 6.45) is 3.18. The molecule has 0 radical (unpaired) electrons. The van der Waals surface area contributed by atoms with Crippen LogP contribution in [0.2, 0.25) is 0 Å². The molecule has 1 heterocycles. The molecule has 4 nitrogen and oxygen atoms in total. The van der Waals surface area contributed by atoms with Crippen LogP contribution in [0.3, 0.4) is 0 Å². The van der Waals surface area contributed by atoms with Crippen molar-refractivity contribution in [1.82, 2.24) is 5.32 Å². The number of aryl methyl sites for hydroxylation is 1. The van der Waals surface area contributed by atoms with E-state index in [1.54, 1.807) is 7.11 Å². The lowest BCUT2D eigenvalue weighted by molar-refractivity contribution is -0.118. The van der Waals surface area contributed by atoms with Crippen LogP contribution < -0.4 is 15.4 Å². The summed E-state index contributed by atoms with van der Waals surface area (Å²) in [4.78, 5) is 12.3. The Bertz CT molecular complexity index is 465. The topological polar surface area (TPSA) is 50.4 Å². The van der Waals surface area contributed by atoms with E-state index in [-0.39, 0.29) is 11.9 Å². The SMILES string of the molecule is COc1ccc(C)c(NC(=O)[C@H]2CCCCN2)c1C. The molecule has 1 aliphatic heterocycles. The second-order valence-electron chi connectivity index (χ2n) is 5.08. The quantitative estimate of drug-likeness (QED) is 0.879. The third-order valence-electron chi connectivity index (χ3n) is 3.72. The highest BCUT2D eigenvalue weighted by molar-refractivity contribution is 5.96. The molecule has 1 atom stereocenters. The zero-order chi connectivity index (χ0) is 13.8. The molecule has 2 rings (SSSR count). The van der Waals surface area contributed by atoms with Gasteiger partial charge in [0.15, 0.2) is 0 Å². The van der Waals surface area contributed by atoms with Crippen molar-refractivity contribution in [3.8, 4) is 5.75 Å². The third-order valence-corrected chi connectivity index (χ3v) is 3.72. The number of amides is 1. The monoisotopic (exact) mass is 262 g/mol. The highest BCUT2D eigenvalue weighted by Gasteiger charge is 2.21. The van der Waals surface area contributed by atoms with E-state index in [4.69, 9.17) is 4.74 Å². The summed E-state index contributed by atoms with van der Waals surface area (Å²) in [5, 5.41) is 6.30. The molecular formula is C15H22N2O2. The van der Waals surface area contributed by atoms with Gasteiger partial charge in [0.05, 0.1) is 18.8 Å². The van der Waals surface area contributed by atoms with Crippen molar-refractivity contribution in [2.45, 2.75) is 39.2 Å². The molecule has 1 aromatic carbocycles. The zero-order valence-corrected chi connectivity index (χ0v) is 11.9. The summed E-state index contributed by atoms with van der Waals surface area (Å²) in [7, 11) is 1.64. The number of piperidine rings is 1. The molecule has 0 aromatic heterocycles. The van der Waals surface area contributed by atoms with Crippen molar-refractivity contribution in [1.29, 1.82) is 0 Å². The van der Waals surface area contributed by atoms with E-state index in [2.05, 4.69) is 10.6 Å². The van der Waals surface area contributed by atoms with E-state index >= 15 is 0 Å². The van der Waals surface area contributed by atoms with Crippen molar-refractivity contribution < 1.29 is 9.53 Å². The van der Waals surface area contributed by atoms with Crippen LogP contribution in [0.5, 0.6) is 5.75 Å². The standard InChI is InChI=1S/C15H22N2O2/c1-10-7-8-13(19-3)11(2)14(10)17-15(18)12-6-4-5-9-16-12/h7-8,12,16H,4-6,9H2,1-3H3,(H,17,18)/t12-/m1/s1. The van der Waals surface area contributed by atoms with E-state index in [1.807, 2.05) is 26.0 Å². The van der Waals surface area contributed by atoms with Gasteiger partial charge in [0.2, 0.25) is 5.91 Å². The first kappa shape index (κ1) is 13.9. The van der Waals surface area contributed by atoms with Crippen molar-refractivity contribution in [2.75, 3.05) is 19.0 Å². The molecule has 1 saturated heterocycles. The predicted octanol–water partition coefficient (Wildman–Crippen LogP) is 2.39. The van der Waals surface area contributed by atoms with Crippen LogP contribution >= 0.6 is 0 Å². The largest absolute Gasteiger partial charge is 0.496 e. The highest BCUT2D eigenvalue weighted by Crippen LogP contribution is 2.29. The van der Waals surface area contributed by atoms with Crippen LogP contribution in [-0.4, -0.2) is 25.6 Å². The average Bonchev–Trinajstić information content (AvgIpc) is 2.44. The number of hydrogen-bond donors (Lipinski definition) is 2. The summed E-state index contributed by atoms with van der Waals surface area (Å²) < 4.78 is 5.30. The molecule has 1 amide bonds. The number of methoxy groups -OCH3 is 1. The van der Waals surface area contributed by atoms with Crippen molar-refractivity contribution in [2.24, 2.45) is 0 Å². The Morgan fingerprint density at radius 3 is 2.79 bits per heavy atom. The lowest BCUT2D eigenvalue weighted by Crippen LogP contribution is -2.43. The van der Waals surface area contributed by atoms with E-state index in [9.17, 15) is 4.79 Å². The Labute approximate surface area is 114 Å². The smallest absolute Gasteiger partial charge is 0.241 e. The Kier molecular flexibility index (Phi) is 4.43. The Morgan fingerprint density at radius 1 is 1.37 bits per heavy atom. The Hall–Kier alpha value is -1.55. The Balaban J connectivity index is 2.15. The summed E-state index contributed by atoms with van der Waals surface area (Å²) in [5.41, 5.74) is 2.91. The van der Waals surface area contributed by atoms with Crippen LogP contribution in [0.15, 0.2) is 12.1 Å². The first-order chi connectivity index (χ1) is 9.13. The summed E-state index contributed by atoms with van der Waals surface area (Å²) in [6.45, 7) is 4.89. The normalized spacial score (nSPS) is 19.0. The molecule has 104 valence electrons. The van der Waals surface area contributed by atoms with Crippen LogP contribution in [0.4, 0.5) is 5.69 Å². The first-order valence-electron chi connectivity index (χ1n) is 6.82. The van der Waals surface area contributed by atoms with Crippen LogP contribution in [0.25, 0.3) is 0 Å². The number of nitrogens with one attached hydrogen (secondary N) is 2. The zero-order valence-electron chi connectivity index (χ0n) is 11.9. The van der Waals surface area contributed by atoms with Crippen LogP contribution in [0.1, 0.15) is 30.4 Å². The van der Waals surface area contributed by atoms with Gasteiger partial charge in [-0.05, 0) is 44.9 Å². The number of hydrogen-bond acceptors (Lipinski definition) is 3. The van der Waals surface area contributed by atoms with Crippen molar-refractivity contribution >= 4 is 11.6 Å². The highest BCUT2D eigenvalue weighted by atomic mass is 16.5. The predicted molar refractivity (Wildman–Crippen MR) is 76.7 cm³/mol. The number of ether oxygens (including phenoxy) is 1. The molecule has 0 aliphatic carbocycles. The molecule has 1 aliphatic rings. The third kappa shape index (κ3) is 3.07. The maximum atomic E-state index is 12.3. The van der Waals surface area contributed by atoms with E-state index in [1.165, 1.54) is 0 Å². The minimum atomic E-state index is -0.0706. The fourth-order valence-electron chi connectivity index (χ4n) is 2.53. The van der Waals surface area contributed by atoms with Crippen LogP contribution in [-0.2, 0) is 4.79 Å². The van der Waals surface area contributed by atoms with E-state index in [0.29, 0.717) is 0 Å². The van der Waals surface area contributed by atoms with Gasteiger partial charge in [-0.2, -0.15) is 0 Å². The lowest BCUT2D eigenvalue weighted by Gasteiger charge is -2.23. The number of benzene rings is 1. The van der Waals surface area contributed by atoms with Gasteiger partial charge in [-0.1, -0.05) is 12.5 Å². The van der Waals surface area contributed by atoms with E-state index in [0.717, 1.165) is 48.4 Å². The Morgan fingerprint density at radius 2 is 2.16 bits per heavy atom. The molecule has 0 saturated carbocycles. The fraction of sp³-hybridized carbons (Fsp3) is 0.533.